The molecule has 0 N–H and O–H groups in total. The first kappa shape index (κ1) is 14.6. The predicted octanol–water partition coefficient (Wildman–Crippen LogP) is 6.90. The van der Waals surface area contributed by atoms with Crippen molar-refractivity contribution in [3.63, 3.8) is 0 Å². The van der Waals surface area contributed by atoms with Crippen molar-refractivity contribution in [1.29, 1.82) is 0 Å². The maximum atomic E-state index is 9.00. The summed E-state index contributed by atoms with van der Waals surface area (Å²) in [6.07, 6.45) is 7.62. The van der Waals surface area contributed by atoms with Gasteiger partial charge >= 0.3 is 0 Å². The van der Waals surface area contributed by atoms with Crippen molar-refractivity contribution in [2.24, 2.45) is 12.5 Å². The van der Waals surface area contributed by atoms with Crippen molar-refractivity contribution < 1.29 is 11.4 Å². The van der Waals surface area contributed by atoms with Crippen molar-refractivity contribution >= 4 is 0 Å². The Hall–Kier alpha value is -2.41. The van der Waals surface area contributed by atoms with E-state index in [1.165, 1.54) is 19.3 Å². The van der Waals surface area contributed by atoms with Crippen LogP contribution in [-0.4, -0.2) is 0 Å². The molecule has 3 aromatic rings. The molecular formula is C29H34N+. The molecule has 1 spiro atoms. The molecule has 0 aliphatic heterocycles. The molecule has 0 radical (unpaired) electrons. The van der Waals surface area contributed by atoms with Crippen molar-refractivity contribution in [1.82, 2.24) is 0 Å². The lowest BCUT2D eigenvalue weighted by molar-refractivity contribution is -0.660. The normalized spacial score (nSPS) is 22.3. The van der Waals surface area contributed by atoms with E-state index in [9.17, 15) is 0 Å². The molecule has 0 atom stereocenters. The third kappa shape index (κ3) is 3.49. The van der Waals surface area contributed by atoms with Gasteiger partial charge in [0, 0.05) is 24.0 Å². The second kappa shape index (κ2) is 7.69. The van der Waals surface area contributed by atoms with Crippen LogP contribution in [0.4, 0.5) is 0 Å². The number of benzene rings is 2. The van der Waals surface area contributed by atoms with Crippen LogP contribution in [0.1, 0.15) is 67.6 Å². The fourth-order valence-electron chi connectivity index (χ4n) is 5.48. The highest BCUT2D eigenvalue weighted by atomic mass is 14.9. The molecule has 2 aliphatic rings. The van der Waals surface area contributed by atoms with Gasteiger partial charge in [-0.15, -0.1) is 0 Å². The van der Waals surface area contributed by atoms with Crippen molar-refractivity contribution in [3.8, 4) is 22.4 Å². The zero-order chi connectivity index (χ0) is 25.0. The number of pyridine rings is 1. The number of aryl methyl sites for hydroxylation is 4. The highest BCUT2D eigenvalue weighted by Crippen LogP contribution is 2.46. The standard InChI is InChI=1S/C29H34N/c1-21-9-5-6-10-26(21)28-18-27(22(2)20-30(28)3)24-11-12-25-19-29(14-7-4-8-15-29)16-13-23(25)17-24/h5-6,9-12,17-18,20H,4,7-8,13-16,19H2,1-3H3/q+1/i2D3,13D2. The molecule has 1 heteroatoms. The largest absolute Gasteiger partial charge is 0.213 e. The minimum Gasteiger partial charge on any atom is -0.201 e. The van der Waals surface area contributed by atoms with Crippen LogP contribution in [0.25, 0.3) is 22.4 Å². The first-order valence-corrected chi connectivity index (χ1v) is 11.2. The van der Waals surface area contributed by atoms with Gasteiger partial charge in [0.15, 0.2) is 6.20 Å². The highest BCUT2D eigenvalue weighted by molar-refractivity contribution is 5.73. The highest BCUT2D eigenvalue weighted by Gasteiger charge is 2.35. The average molecular weight is 402 g/mol. The molecule has 1 nitrogen and oxygen atoms in total. The van der Waals surface area contributed by atoms with Crippen molar-refractivity contribution in [2.45, 2.75) is 65.1 Å². The number of hydrogen-bond donors (Lipinski definition) is 0. The van der Waals surface area contributed by atoms with E-state index in [1.807, 2.05) is 41.9 Å². The van der Waals surface area contributed by atoms with E-state index < -0.39 is 13.2 Å². The molecule has 1 saturated carbocycles. The summed E-state index contributed by atoms with van der Waals surface area (Å²) >= 11 is 0. The van der Waals surface area contributed by atoms with Crippen LogP contribution in [0.5, 0.6) is 0 Å². The molecular weight excluding hydrogens is 362 g/mol. The first-order valence-electron chi connectivity index (χ1n) is 13.7. The maximum Gasteiger partial charge on any atom is 0.213 e. The van der Waals surface area contributed by atoms with Gasteiger partial charge in [-0.05, 0) is 85.1 Å². The van der Waals surface area contributed by atoms with E-state index in [4.69, 9.17) is 6.85 Å². The van der Waals surface area contributed by atoms with Crippen LogP contribution < -0.4 is 4.57 Å². The molecule has 2 aromatic carbocycles. The van der Waals surface area contributed by atoms with Gasteiger partial charge < -0.3 is 0 Å². The molecule has 0 amide bonds. The molecule has 1 heterocycles. The van der Waals surface area contributed by atoms with Crippen LogP contribution >= 0.6 is 0 Å². The Morgan fingerprint density at radius 1 is 0.900 bits per heavy atom. The van der Waals surface area contributed by atoms with E-state index in [2.05, 4.69) is 25.1 Å². The summed E-state index contributed by atoms with van der Waals surface area (Å²) in [6, 6.07) is 16.1. The Kier molecular flexibility index (Phi) is 3.73. The third-order valence-electron chi connectivity index (χ3n) is 7.25. The Labute approximate surface area is 188 Å². The third-order valence-corrected chi connectivity index (χ3v) is 7.25. The molecule has 30 heavy (non-hydrogen) atoms. The fraction of sp³-hybridized carbons (Fsp3) is 0.414. The molecule has 0 bridgehead atoms. The molecule has 154 valence electrons. The van der Waals surface area contributed by atoms with E-state index in [-0.39, 0.29) is 11.0 Å². The van der Waals surface area contributed by atoms with Crippen LogP contribution in [0.3, 0.4) is 0 Å². The van der Waals surface area contributed by atoms with Crippen molar-refractivity contribution in [2.75, 3.05) is 0 Å². The summed E-state index contributed by atoms with van der Waals surface area (Å²) in [5, 5.41) is 0. The lowest BCUT2D eigenvalue weighted by Gasteiger charge is -2.41. The Bertz CT molecular complexity index is 1270. The second-order valence-electron chi connectivity index (χ2n) is 9.37. The molecule has 5 rings (SSSR count). The van der Waals surface area contributed by atoms with E-state index >= 15 is 0 Å². The number of hydrogen-bond acceptors (Lipinski definition) is 0. The number of aromatic nitrogens is 1. The average Bonchev–Trinajstić information content (AvgIpc) is 2.79. The summed E-state index contributed by atoms with van der Waals surface area (Å²) in [5.41, 5.74) is 6.71. The Morgan fingerprint density at radius 3 is 2.53 bits per heavy atom. The summed E-state index contributed by atoms with van der Waals surface area (Å²) in [5.74, 6) is 0. The van der Waals surface area contributed by atoms with Crippen LogP contribution in [0.15, 0.2) is 54.7 Å². The van der Waals surface area contributed by atoms with Crippen LogP contribution in [0, 0.1) is 19.2 Å². The van der Waals surface area contributed by atoms with Gasteiger partial charge in [-0.25, -0.2) is 4.57 Å². The quantitative estimate of drug-likeness (QED) is 0.411. The fourth-order valence-corrected chi connectivity index (χ4v) is 5.48. The van der Waals surface area contributed by atoms with Crippen LogP contribution in [0.2, 0.25) is 0 Å². The minimum absolute atomic E-state index is 0.0681. The lowest BCUT2D eigenvalue weighted by Crippen LogP contribution is -2.31. The van der Waals surface area contributed by atoms with Gasteiger partial charge in [-0.2, -0.15) is 0 Å². The van der Waals surface area contributed by atoms with Gasteiger partial charge in [0.25, 0.3) is 0 Å². The van der Waals surface area contributed by atoms with Gasteiger partial charge in [0.1, 0.15) is 7.05 Å². The zero-order valence-corrected chi connectivity index (χ0v) is 18.1. The second-order valence-corrected chi connectivity index (χ2v) is 9.37. The summed E-state index contributed by atoms with van der Waals surface area (Å²) in [6.45, 7) is -0.223. The van der Waals surface area contributed by atoms with Gasteiger partial charge in [-0.3, -0.25) is 0 Å². The molecule has 0 unspecified atom stereocenters. The van der Waals surface area contributed by atoms with Gasteiger partial charge in [-0.1, -0.05) is 55.7 Å². The van der Waals surface area contributed by atoms with E-state index in [1.54, 1.807) is 6.20 Å². The number of nitrogens with zero attached hydrogens (tertiary/aromatic N) is 1. The Balaban J connectivity index is 1.66. The van der Waals surface area contributed by atoms with E-state index in [0.717, 1.165) is 52.8 Å². The predicted molar refractivity (Wildman–Crippen MR) is 126 cm³/mol. The Morgan fingerprint density at radius 2 is 1.73 bits per heavy atom. The topological polar surface area (TPSA) is 3.88 Å². The smallest absolute Gasteiger partial charge is 0.201 e. The summed E-state index contributed by atoms with van der Waals surface area (Å²) in [4.78, 5) is 0. The molecule has 0 saturated heterocycles. The monoisotopic (exact) mass is 401 g/mol. The molecule has 1 fully saturated rings. The zero-order valence-electron chi connectivity index (χ0n) is 23.1. The van der Waals surface area contributed by atoms with Crippen LogP contribution in [-0.2, 0) is 19.8 Å². The summed E-state index contributed by atoms with van der Waals surface area (Å²) < 4.78 is 44.5. The minimum atomic E-state index is -2.28. The lowest BCUT2D eigenvalue weighted by atomic mass is 9.64. The maximum absolute atomic E-state index is 9.00. The van der Waals surface area contributed by atoms with Crippen molar-refractivity contribution in [3.05, 3.63) is 77.0 Å². The molecule has 2 aliphatic carbocycles. The number of fused-ring (bicyclic) bond motifs is 1. The first-order chi connectivity index (χ1) is 16.5. The number of rotatable bonds is 2. The summed E-state index contributed by atoms with van der Waals surface area (Å²) in [7, 11) is 1.88. The van der Waals surface area contributed by atoms with E-state index in [0.29, 0.717) is 12.0 Å². The van der Waals surface area contributed by atoms with Gasteiger partial charge in [0.2, 0.25) is 5.69 Å². The SMILES string of the molecule is [2H]C([2H])([2H])c1c[n+](C)c(-c2ccccc2C)cc1-c1ccc2c(c1)C([2H])([2H])CC1(CCCCC1)C2. The van der Waals surface area contributed by atoms with Gasteiger partial charge in [0.05, 0.1) is 0 Å². The molecule has 1 aromatic heterocycles.